The second-order valence-corrected chi connectivity index (χ2v) is 3.65. The molecule has 0 bridgehead atoms. The Kier molecular flexibility index (Phi) is 2.11. The molecule has 0 radical (unpaired) electrons. The van der Waals surface area contributed by atoms with E-state index in [1.807, 2.05) is 13.0 Å². The van der Waals surface area contributed by atoms with Gasteiger partial charge in [-0.3, -0.25) is 4.79 Å². The maximum atomic E-state index is 11.3. The molecule has 3 N–H and O–H groups in total. The highest BCUT2D eigenvalue weighted by Gasteiger charge is 2.29. The maximum absolute atomic E-state index is 11.3. The molecule has 4 heteroatoms. The number of aliphatic imine (C=N–C) groups is 1. The van der Waals surface area contributed by atoms with Crippen molar-refractivity contribution < 1.29 is 4.79 Å². The van der Waals surface area contributed by atoms with Crippen LogP contribution in [0.15, 0.2) is 17.3 Å². The van der Waals surface area contributed by atoms with E-state index in [9.17, 15) is 4.79 Å². The molecule has 74 valence electrons. The number of nitrogens with one attached hydrogen (secondary N) is 1. The third kappa shape index (κ3) is 1.69. The van der Waals surface area contributed by atoms with Crippen LogP contribution in [0.25, 0.3) is 0 Å². The highest BCUT2D eigenvalue weighted by molar-refractivity contribution is 6.04. The van der Waals surface area contributed by atoms with Crippen molar-refractivity contribution >= 4 is 11.7 Å². The van der Waals surface area contributed by atoms with Crippen molar-refractivity contribution in [3.05, 3.63) is 23.5 Å². The van der Waals surface area contributed by atoms with Gasteiger partial charge in [0.25, 0.3) is 5.91 Å². The Hall–Kier alpha value is -1.58. The van der Waals surface area contributed by atoms with Crippen LogP contribution >= 0.6 is 0 Å². The first kappa shape index (κ1) is 8.99. The van der Waals surface area contributed by atoms with E-state index < -0.39 is 0 Å². The molecule has 1 amide bonds. The molecule has 1 saturated carbocycles. The van der Waals surface area contributed by atoms with Crippen molar-refractivity contribution in [1.82, 2.24) is 4.98 Å². The number of amides is 1. The van der Waals surface area contributed by atoms with Crippen molar-refractivity contribution in [2.45, 2.75) is 19.8 Å². The summed E-state index contributed by atoms with van der Waals surface area (Å²) in [6.45, 7) is 1.93. The fourth-order valence-electron chi connectivity index (χ4n) is 1.32. The van der Waals surface area contributed by atoms with Crippen LogP contribution in [0.4, 0.5) is 0 Å². The summed E-state index contributed by atoms with van der Waals surface area (Å²) in [6, 6.07) is 1.90. The van der Waals surface area contributed by atoms with Gasteiger partial charge in [0, 0.05) is 12.1 Å². The number of carbonyl (C=O) groups excluding carboxylic acids is 1. The molecule has 14 heavy (non-hydrogen) atoms. The predicted octanol–water partition coefficient (Wildman–Crippen LogP) is 0.965. The fraction of sp³-hybridized carbons (Fsp3) is 0.400. The van der Waals surface area contributed by atoms with Gasteiger partial charge in [0.2, 0.25) is 0 Å². The Morgan fingerprint density at radius 3 is 2.86 bits per heavy atom. The average Bonchev–Trinajstić information content (AvgIpc) is 2.89. The highest BCUT2D eigenvalue weighted by atomic mass is 16.1. The van der Waals surface area contributed by atoms with Gasteiger partial charge in [0.1, 0.15) is 0 Å². The van der Waals surface area contributed by atoms with Gasteiger partial charge in [-0.05, 0) is 31.4 Å². The second kappa shape index (κ2) is 3.29. The topological polar surface area (TPSA) is 71.2 Å². The quantitative estimate of drug-likeness (QED) is 0.540. The fourth-order valence-corrected chi connectivity index (χ4v) is 1.32. The summed E-state index contributed by atoms with van der Waals surface area (Å²) in [5.41, 5.74) is 7.46. The summed E-state index contributed by atoms with van der Waals surface area (Å²) in [5, 5.41) is 0. The molecule has 0 aliphatic heterocycles. The average molecular weight is 191 g/mol. The molecule has 1 aliphatic carbocycles. The number of rotatable bonds is 2. The summed E-state index contributed by atoms with van der Waals surface area (Å²) in [5.74, 6) is 0.338. The van der Waals surface area contributed by atoms with E-state index in [-0.39, 0.29) is 11.8 Å². The van der Waals surface area contributed by atoms with Crippen LogP contribution in [0.5, 0.6) is 0 Å². The molecule has 1 aromatic rings. The van der Waals surface area contributed by atoms with E-state index in [2.05, 4.69) is 9.98 Å². The molecule has 0 aromatic carbocycles. The van der Waals surface area contributed by atoms with Gasteiger partial charge in [0.05, 0.1) is 5.69 Å². The first-order valence-electron chi connectivity index (χ1n) is 4.71. The number of aromatic amines is 1. The minimum absolute atomic E-state index is 0.0866. The Morgan fingerprint density at radius 1 is 1.64 bits per heavy atom. The minimum atomic E-state index is -0.0866. The first-order valence-corrected chi connectivity index (χ1v) is 4.71. The standard InChI is InChI=1S/C10H13N3O/c1-6-4-5-12-8(6)9(11)13-10(14)7-2-3-7/h4-5,7,12H,2-3H2,1H3,(H2,11,13,14). The van der Waals surface area contributed by atoms with E-state index in [1.54, 1.807) is 6.20 Å². The lowest BCUT2D eigenvalue weighted by atomic mass is 10.2. The smallest absolute Gasteiger partial charge is 0.250 e. The number of amidine groups is 1. The molecule has 2 rings (SSSR count). The molecule has 1 aliphatic rings. The van der Waals surface area contributed by atoms with Crippen LogP contribution in [0.3, 0.4) is 0 Å². The third-order valence-electron chi connectivity index (χ3n) is 2.37. The summed E-state index contributed by atoms with van der Waals surface area (Å²) in [7, 11) is 0. The number of nitrogens with zero attached hydrogens (tertiary/aromatic N) is 1. The van der Waals surface area contributed by atoms with Gasteiger partial charge < -0.3 is 10.7 Å². The Morgan fingerprint density at radius 2 is 2.36 bits per heavy atom. The molecule has 1 heterocycles. The SMILES string of the molecule is Cc1cc[nH]c1C(N)=NC(=O)C1CC1. The van der Waals surface area contributed by atoms with Crippen molar-refractivity contribution in [2.24, 2.45) is 16.6 Å². The van der Waals surface area contributed by atoms with E-state index in [0.717, 1.165) is 24.1 Å². The zero-order chi connectivity index (χ0) is 10.1. The zero-order valence-electron chi connectivity index (χ0n) is 8.08. The summed E-state index contributed by atoms with van der Waals surface area (Å²) in [4.78, 5) is 18.2. The van der Waals surface area contributed by atoms with Gasteiger partial charge in [-0.2, -0.15) is 4.99 Å². The minimum Gasteiger partial charge on any atom is -0.382 e. The lowest BCUT2D eigenvalue weighted by Crippen LogP contribution is -2.17. The van der Waals surface area contributed by atoms with Crippen LogP contribution < -0.4 is 5.73 Å². The maximum Gasteiger partial charge on any atom is 0.250 e. The normalized spacial score (nSPS) is 17.1. The Balaban J connectivity index is 2.18. The lowest BCUT2D eigenvalue weighted by molar-refractivity contribution is -0.118. The molecule has 4 nitrogen and oxygen atoms in total. The second-order valence-electron chi connectivity index (χ2n) is 3.65. The van der Waals surface area contributed by atoms with Gasteiger partial charge in [-0.1, -0.05) is 0 Å². The number of carbonyl (C=O) groups is 1. The third-order valence-corrected chi connectivity index (χ3v) is 2.37. The van der Waals surface area contributed by atoms with Crippen molar-refractivity contribution in [1.29, 1.82) is 0 Å². The monoisotopic (exact) mass is 191 g/mol. The van der Waals surface area contributed by atoms with Crippen molar-refractivity contribution in [3.63, 3.8) is 0 Å². The van der Waals surface area contributed by atoms with Gasteiger partial charge in [-0.15, -0.1) is 0 Å². The molecular formula is C10H13N3O. The molecule has 0 atom stereocenters. The first-order chi connectivity index (χ1) is 6.68. The number of nitrogens with two attached hydrogens (primary N) is 1. The summed E-state index contributed by atoms with van der Waals surface area (Å²) >= 11 is 0. The van der Waals surface area contributed by atoms with Crippen LogP contribution in [-0.2, 0) is 4.79 Å². The van der Waals surface area contributed by atoms with Crippen LogP contribution in [0.2, 0.25) is 0 Å². The van der Waals surface area contributed by atoms with Gasteiger partial charge in [-0.25, -0.2) is 0 Å². The summed E-state index contributed by atoms with van der Waals surface area (Å²) in [6.07, 6.45) is 3.70. The molecule has 1 fully saturated rings. The number of H-pyrrole nitrogens is 1. The van der Waals surface area contributed by atoms with Crippen LogP contribution in [0.1, 0.15) is 24.1 Å². The molecule has 0 saturated heterocycles. The number of hydrogen-bond acceptors (Lipinski definition) is 1. The van der Waals surface area contributed by atoms with Gasteiger partial charge in [0.15, 0.2) is 5.84 Å². The predicted molar refractivity (Wildman–Crippen MR) is 54.0 cm³/mol. The van der Waals surface area contributed by atoms with E-state index in [1.165, 1.54) is 0 Å². The van der Waals surface area contributed by atoms with E-state index in [4.69, 9.17) is 5.73 Å². The zero-order valence-corrected chi connectivity index (χ0v) is 8.08. The molecular weight excluding hydrogens is 178 g/mol. The summed E-state index contributed by atoms with van der Waals surface area (Å²) < 4.78 is 0. The van der Waals surface area contributed by atoms with Gasteiger partial charge >= 0.3 is 0 Å². The van der Waals surface area contributed by atoms with Crippen LogP contribution in [0, 0.1) is 12.8 Å². The number of aromatic nitrogens is 1. The molecule has 0 unspecified atom stereocenters. The molecule has 1 aromatic heterocycles. The van der Waals surface area contributed by atoms with Crippen molar-refractivity contribution in [3.8, 4) is 0 Å². The lowest BCUT2D eigenvalue weighted by Gasteiger charge is -1.98. The Labute approximate surface area is 82.2 Å². The largest absolute Gasteiger partial charge is 0.382 e. The number of hydrogen-bond donors (Lipinski definition) is 2. The highest BCUT2D eigenvalue weighted by Crippen LogP contribution is 2.30. The van der Waals surface area contributed by atoms with E-state index in [0.29, 0.717) is 5.84 Å². The van der Waals surface area contributed by atoms with Crippen molar-refractivity contribution in [2.75, 3.05) is 0 Å². The van der Waals surface area contributed by atoms with Crippen LogP contribution in [-0.4, -0.2) is 16.7 Å². The Bertz CT molecular complexity index is 388. The van der Waals surface area contributed by atoms with E-state index >= 15 is 0 Å². The molecule has 0 spiro atoms. The number of aryl methyl sites for hydroxylation is 1.